The van der Waals surface area contributed by atoms with Crippen LogP contribution in [0.2, 0.25) is 0 Å². The maximum absolute atomic E-state index is 11.3. The Bertz CT molecular complexity index is 225. The number of piperazine rings is 1. The second-order valence-electron chi connectivity index (χ2n) is 5.03. The lowest BCUT2D eigenvalue weighted by molar-refractivity contribution is -0.121. The monoisotopic (exact) mass is 242 g/mol. The van der Waals surface area contributed by atoms with E-state index in [-0.39, 0.29) is 11.9 Å². The van der Waals surface area contributed by atoms with Gasteiger partial charge in [0.25, 0.3) is 0 Å². The summed E-state index contributed by atoms with van der Waals surface area (Å²) in [5, 5.41) is 2.91. The molecule has 1 unspecified atom stereocenters. The van der Waals surface area contributed by atoms with Gasteiger partial charge < -0.3 is 20.9 Å². The zero-order chi connectivity index (χ0) is 12.7. The summed E-state index contributed by atoms with van der Waals surface area (Å²) in [6, 6.07) is -0.0485. The van der Waals surface area contributed by atoms with Gasteiger partial charge in [-0.1, -0.05) is 0 Å². The van der Waals surface area contributed by atoms with Crippen molar-refractivity contribution in [2.75, 3.05) is 46.3 Å². The normalized spacial score (nSPS) is 20.2. The summed E-state index contributed by atoms with van der Waals surface area (Å²) in [6.07, 6.45) is 1.45. The summed E-state index contributed by atoms with van der Waals surface area (Å²) in [6.45, 7) is 8.27. The highest BCUT2D eigenvalue weighted by molar-refractivity contribution is 5.76. The molecule has 1 aliphatic heterocycles. The van der Waals surface area contributed by atoms with Crippen LogP contribution in [-0.2, 0) is 4.79 Å². The molecule has 0 aromatic rings. The van der Waals surface area contributed by atoms with E-state index in [1.54, 1.807) is 0 Å². The average molecular weight is 242 g/mol. The molecule has 0 aromatic heterocycles. The van der Waals surface area contributed by atoms with Gasteiger partial charge in [-0.15, -0.1) is 0 Å². The summed E-state index contributed by atoms with van der Waals surface area (Å²) in [4.78, 5) is 16.1. The summed E-state index contributed by atoms with van der Waals surface area (Å²) >= 11 is 0. The van der Waals surface area contributed by atoms with Gasteiger partial charge in [0.2, 0.25) is 5.91 Å². The first-order valence-corrected chi connectivity index (χ1v) is 6.51. The lowest BCUT2D eigenvalue weighted by Crippen LogP contribution is -2.45. The molecule has 0 aromatic carbocycles. The molecule has 1 saturated heterocycles. The van der Waals surface area contributed by atoms with Crippen molar-refractivity contribution in [1.82, 2.24) is 15.1 Å². The standard InChI is InChI=1S/C12H26N4O/c1-11(13)10-12(17)14-4-3-5-16-8-6-15(2)7-9-16/h11H,3-10,13H2,1-2H3,(H,14,17). The number of nitrogens with two attached hydrogens (primary N) is 1. The minimum atomic E-state index is -0.0485. The number of likely N-dealkylation sites (N-methyl/N-ethyl adjacent to an activating group) is 1. The first-order chi connectivity index (χ1) is 8.08. The molecule has 1 amide bonds. The molecule has 1 atom stereocenters. The van der Waals surface area contributed by atoms with Crippen LogP contribution in [0.15, 0.2) is 0 Å². The minimum Gasteiger partial charge on any atom is -0.356 e. The van der Waals surface area contributed by atoms with Gasteiger partial charge in [-0.05, 0) is 26.9 Å². The molecule has 0 saturated carbocycles. The maximum Gasteiger partial charge on any atom is 0.221 e. The Morgan fingerprint density at radius 3 is 2.59 bits per heavy atom. The van der Waals surface area contributed by atoms with Crippen LogP contribution in [0.3, 0.4) is 0 Å². The Hall–Kier alpha value is -0.650. The largest absolute Gasteiger partial charge is 0.356 e. The first-order valence-electron chi connectivity index (χ1n) is 6.51. The van der Waals surface area contributed by atoms with E-state index in [4.69, 9.17) is 5.73 Å². The Labute approximate surface area is 104 Å². The van der Waals surface area contributed by atoms with E-state index in [0.29, 0.717) is 6.42 Å². The molecule has 5 nitrogen and oxygen atoms in total. The molecule has 0 spiro atoms. The summed E-state index contributed by atoms with van der Waals surface area (Å²) in [5.74, 6) is 0.0679. The molecule has 100 valence electrons. The van der Waals surface area contributed by atoms with Crippen molar-refractivity contribution in [3.63, 3.8) is 0 Å². The third-order valence-electron chi connectivity index (χ3n) is 3.08. The molecule has 1 rings (SSSR count). The van der Waals surface area contributed by atoms with Gasteiger partial charge in [0.05, 0.1) is 0 Å². The maximum atomic E-state index is 11.3. The van der Waals surface area contributed by atoms with E-state index >= 15 is 0 Å². The molecule has 5 heteroatoms. The Balaban J connectivity index is 1.99. The predicted octanol–water partition coefficient (Wildman–Crippen LogP) is -0.523. The minimum absolute atomic E-state index is 0.0485. The number of nitrogens with one attached hydrogen (secondary N) is 1. The van der Waals surface area contributed by atoms with Crippen molar-refractivity contribution in [3.8, 4) is 0 Å². The molecular weight excluding hydrogens is 216 g/mol. The van der Waals surface area contributed by atoms with Crippen molar-refractivity contribution in [3.05, 3.63) is 0 Å². The van der Waals surface area contributed by atoms with Crippen molar-refractivity contribution in [1.29, 1.82) is 0 Å². The lowest BCUT2D eigenvalue weighted by atomic mass is 10.2. The van der Waals surface area contributed by atoms with Gasteiger partial charge in [-0.2, -0.15) is 0 Å². The van der Waals surface area contributed by atoms with Crippen LogP contribution >= 0.6 is 0 Å². The molecule has 3 N–H and O–H groups in total. The quantitative estimate of drug-likeness (QED) is 0.615. The third kappa shape index (κ3) is 6.61. The van der Waals surface area contributed by atoms with Crippen LogP contribution in [0.4, 0.5) is 0 Å². The molecule has 0 aliphatic carbocycles. The van der Waals surface area contributed by atoms with Gasteiger partial charge in [-0.3, -0.25) is 4.79 Å². The van der Waals surface area contributed by atoms with Crippen LogP contribution < -0.4 is 11.1 Å². The van der Waals surface area contributed by atoms with Crippen molar-refractivity contribution < 1.29 is 4.79 Å². The fraction of sp³-hybridized carbons (Fsp3) is 0.917. The number of carbonyl (C=O) groups is 1. The number of nitrogens with zero attached hydrogens (tertiary/aromatic N) is 2. The zero-order valence-corrected chi connectivity index (χ0v) is 11.1. The fourth-order valence-corrected chi connectivity index (χ4v) is 1.97. The topological polar surface area (TPSA) is 61.6 Å². The number of hydrogen-bond donors (Lipinski definition) is 2. The smallest absolute Gasteiger partial charge is 0.221 e. The van der Waals surface area contributed by atoms with Crippen LogP contribution in [0.25, 0.3) is 0 Å². The number of hydrogen-bond acceptors (Lipinski definition) is 4. The van der Waals surface area contributed by atoms with E-state index in [2.05, 4.69) is 22.2 Å². The van der Waals surface area contributed by atoms with E-state index in [0.717, 1.165) is 45.7 Å². The Morgan fingerprint density at radius 1 is 1.35 bits per heavy atom. The van der Waals surface area contributed by atoms with Crippen LogP contribution in [0, 0.1) is 0 Å². The average Bonchev–Trinajstić information content (AvgIpc) is 2.26. The van der Waals surface area contributed by atoms with E-state index in [1.807, 2.05) is 6.92 Å². The molecule has 1 heterocycles. The molecular formula is C12H26N4O. The van der Waals surface area contributed by atoms with Gasteiger partial charge in [0, 0.05) is 45.2 Å². The van der Waals surface area contributed by atoms with Crippen LogP contribution in [0.5, 0.6) is 0 Å². The van der Waals surface area contributed by atoms with Gasteiger partial charge >= 0.3 is 0 Å². The zero-order valence-electron chi connectivity index (χ0n) is 11.1. The SMILES string of the molecule is CC(N)CC(=O)NCCCN1CCN(C)CC1. The predicted molar refractivity (Wildman–Crippen MR) is 69.8 cm³/mol. The summed E-state index contributed by atoms with van der Waals surface area (Å²) < 4.78 is 0. The summed E-state index contributed by atoms with van der Waals surface area (Å²) in [7, 11) is 2.16. The van der Waals surface area contributed by atoms with Crippen molar-refractivity contribution in [2.24, 2.45) is 5.73 Å². The van der Waals surface area contributed by atoms with Crippen LogP contribution in [-0.4, -0.2) is 68.1 Å². The highest BCUT2D eigenvalue weighted by Crippen LogP contribution is 1.99. The van der Waals surface area contributed by atoms with Gasteiger partial charge in [0.15, 0.2) is 0 Å². The third-order valence-corrected chi connectivity index (χ3v) is 3.08. The Morgan fingerprint density at radius 2 is 2.00 bits per heavy atom. The highest BCUT2D eigenvalue weighted by Gasteiger charge is 2.12. The van der Waals surface area contributed by atoms with Crippen molar-refractivity contribution in [2.45, 2.75) is 25.8 Å². The van der Waals surface area contributed by atoms with Crippen molar-refractivity contribution >= 4 is 5.91 Å². The van der Waals surface area contributed by atoms with E-state index in [1.165, 1.54) is 0 Å². The molecule has 1 aliphatic rings. The number of rotatable bonds is 6. The molecule has 0 radical (unpaired) electrons. The second-order valence-corrected chi connectivity index (χ2v) is 5.03. The molecule has 1 fully saturated rings. The molecule has 17 heavy (non-hydrogen) atoms. The van der Waals surface area contributed by atoms with Gasteiger partial charge in [-0.25, -0.2) is 0 Å². The Kier molecular flexibility index (Phi) is 6.47. The number of carbonyl (C=O) groups excluding carboxylic acids is 1. The summed E-state index contributed by atoms with van der Waals surface area (Å²) in [5.41, 5.74) is 5.55. The second kappa shape index (κ2) is 7.63. The fourth-order valence-electron chi connectivity index (χ4n) is 1.97. The highest BCUT2D eigenvalue weighted by atomic mass is 16.1. The number of amides is 1. The van der Waals surface area contributed by atoms with E-state index < -0.39 is 0 Å². The van der Waals surface area contributed by atoms with E-state index in [9.17, 15) is 4.79 Å². The van der Waals surface area contributed by atoms with Crippen LogP contribution in [0.1, 0.15) is 19.8 Å². The lowest BCUT2D eigenvalue weighted by Gasteiger charge is -2.32. The van der Waals surface area contributed by atoms with Gasteiger partial charge in [0.1, 0.15) is 0 Å². The molecule has 0 bridgehead atoms. The first kappa shape index (κ1) is 14.4.